The summed E-state index contributed by atoms with van der Waals surface area (Å²) >= 11 is 0. The van der Waals surface area contributed by atoms with E-state index in [4.69, 9.17) is 9.97 Å². The number of anilines is 4. The normalized spacial score (nSPS) is 18.5. The zero-order valence-electron chi connectivity index (χ0n) is 22.1. The van der Waals surface area contributed by atoms with Gasteiger partial charge in [-0.2, -0.15) is 0 Å². The molecule has 7 rings (SSSR count). The van der Waals surface area contributed by atoms with E-state index in [1.807, 2.05) is 24.5 Å². The summed E-state index contributed by atoms with van der Waals surface area (Å²) in [5, 5.41) is 18.1. The number of aliphatic hydroxyl groups is 1. The first kappa shape index (κ1) is 24.2. The van der Waals surface area contributed by atoms with Gasteiger partial charge in [-0.25, -0.2) is 15.0 Å². The van der Waals surface area contributed by atoms with E-state index in [2.05, 4.69) is 54.7 Å². The first-order chi connectivity index (χ1) is 19.2. The molecule has 9 nitrogen and oxygen atoms in total. The van der Waals surface area contributed by atoms with Crippen LogP contribution in [0.5, 0.6) is 0 Å². The van der Waals surface area contributed by atoms with Crippen LogP contribution >= 0.6 is 0 Å². The third kappa shape index (κ3) is 5.12. The molecule has 3 aromatic heterocycles. The molecule has 0 spiro atoms. The zero-order valence-corrected chi connectivity index (χ0v) is 22.1. The second kappa shape index (κ2) is 10.4. The van der Waals surface area contributed by atoms with Crippen LogP contribution in [-0.2, 0) is 0 Å². The summed E-state index contributed by atoms with van der Waals surface area (Å²) in [7, 11) is 0. The zero-order chi connectivity index (χ0) is 26.2. The molecule has 3 N–H and O–H groups in total. The Hall–Kier alpha value is -3.82. The molecule has 0 atom stereocenters. The molecule has 5 heterocycles. The van der Waals surface area contributed by atoms with Crippen LogP contribution in [0.3, 0.4) is 0 Å². The molecule has 0 amide bonds. The van der Waals surface area contributed by atoms with Crippen molar-refractivity contribution in [1.29, 1.82) is 0 Å². The van der Waals surface area contributed by atoms with Crippen LogP contribution in [0.2, 0.25) is 0 Å². The second-order valence-electron chi connectivity index (χ2n) is 10.8. The number of aromatic nitrogens is 4. The summed E-state index contributed by atoms with van der Waals surface area (Å²) in [6, 6.07) is 12.5. The minimum Gasteiger partial charge on any atom is -0.393 e. The standard InChI is InChI=1S/C30H34N8O/c39-24-7-12-38(13-8-24)30-28-25(20-4-5-20)18-32-19-26(28)35-29(36-30)21-6-9-33-27(16-21)34-22-2-1-3-23(17-22)37-14-10-31-11-15-37/h1-3,6,9,16-20,24,31,39H,4-5,7-8,10-15H2,(H,33,34). The Kier molecular flexibility index (Phi) is 6.46. The minimum atomic E-state index is -0.239. The Labute approximate surface area is 228 Å². The lowest BCUT2D eigenvalue weighted by atomic mass is 10.0. The fraction of sp³-hybridized carbons (Fsp3) is 0.400. The average molecular weight is 523 g/mol. The van der Waals surface area contributed by atoms with Gasteiger partial charge in [0.2, 0.25) is 0 Å². The third-order valence-corrected chi connectivity index (χ3v) is 8.02. The smallest absolute Gasteiger partial charge is 0.162 e. The molecular weight excluding hydrogens is 488 g/mol. The van der Waals surface area contributed by atoms with E-state index in [-0.39, 0.29) is 6.10 Å². The van der Waals surface area contributed by atoms with Crippen LogP contribution in [-0.4, -0.2) is 70.4 Å². The molecule has 1 aromatic carbocycles. The lowest BCUT2D eigenvalue weighted by Crippen LogP contribution is -2.43. The van der Waals surface area contributed by atoms with Gasteiger partial charge in [-0.05, 0) is 67.5 Å². The number of rotatable bonds is 6. The molecule has 0 radical (unpaired) electrons. The van der Waals surface area contributed by atoms with Gasteiger partial charge < -0.3 is 25.5 Å². The summed E-state index contributed by atoms with van der Waals surface area (Å²) in [6.45, 7) is 5.59. The molecule has 3 fully saturated rings. The fourth-order valence-corrected chi connectivity index (χ4v) is 5.72. The van der Waals surface area contributed by atoms with Crippen LogP contribution in [0.1, 0.15) is 37.2 Å². The number of piperazine rings is 1. The van der Waals surface area contributed by atoms with Gasteiger partial charge in [0.05, 0.1) is 17.8 Å². The summed E-state index contributed by atoms with van der Waals surface area (Å²) < 4.78 is 0. The SMILES string of the molecule is OC1CCN(c2nc(-c3ccnc(Nc4cccc(N5CCNCC5)c4)c3)nc3cncc(C4CC4)c23)CC1. The highest BCUT2D eigenvalue weighted by Crippen LogP contribution is 2.45. The molecule has 9 heteroatoms. The minimum absolute atomic E-state index is 0.239. The molecule has 1 saturated carbocycles. The number of piperidine rings is 1. The van der Waals surface area contributed by atoms with Crippen LogP contribution < -0.4 is 20.4 Å². The maximum atomic E-state index is 10.1. The van der Waals surface area contributed by atoms with E-state index < -0.39 is 0 Å². The number of aliphatic hydroxyl groups excluding tert-OH is 1. The summed E-state index contributed by atoms with van der Waals surface area (Å²) in [5.74, 6) is 2.92. The fourth-order valence-electron chi connectivity index (χ4n) is 5.72. The van der Waals surface area contributed by atoms with Crippen molar-refractivity contribution in [3.05, 3.63) is 60.6 Å². The van der Waals surface area contributed by atoms with E-state index in [0.29, 0.717) is 11.7 Å². The van der Waals surface area contributed by atoms with Gasteiger partial charge in [-0.1, -0.05) is 6.07 Å². The maximum Gasteiger partial charge on any atom is 0.162 e. The highest BCUT2D eigenvalue weighted by Gasteiger charge is 2.30. The molecule has 200 valence electrons. The summed E-state index contributed by atoms with van der Waals surface area (Å²) in [5.41, 5.74) is 5.25. The van der Waals surface area contributed by atoms with Gasteiger partial charge in [-0.15, -0.1) is 0 Å². The maximum absolute atomic E-state index is 10.1. The first-order valence-corrected chi connectivity index (χ1v) is 14.1. The van der Waals surface area contributed by atoms with Crippen molar-refractivity contribution in [2.45, 2.75) is 37.7 Å². The number of hydrogen-bond donors (Lipinski definition) is 3. The average Bonchev–Trinajstić information content (AvgIpc) is 3.83. The van der Waals surface area contributed by atoms with Crippen molar-refractivity contribution in [1.82, 2.24) is 25.3 Å². The highest BCUT2D eigenvalue weighted by molar-refractivity contribution is 5.94. The number of pyridine rings is 2. The van der Waals surface area contributed by atoms with Crippen molar-refractivity contribution < 1.29 is 5.11 Å². The second-order valence-corrected chi connectivity index (χ2v) is 10.8. The largest absolute Gasteiger partial charge is 0.393 e. The van der Waals surface area contributed by atoms with Crippen LogP contribution in [0.15, 0.2) is 55.0 Å². The van der Waals surface area contributed by atoms with Crippen LogP contribution in [0.4, 0.5) is 23.0 Å². The highest BCUT2D eigenvalue weighted by atomic mass is 16.3. The number of fused-ring (bicyclic) bond motifs is 1. The first-order valence-electron chi connectivity index (χ1n) is 14.1. The Bertz CT molecular complexity index is 1480. The number of nitrogens with one attached hydrogen (secondary N) is 2. The predicted molar refractivity (Wildman–Crippen MR) is 155 cm³/mol. The molecule has 0 bridgehead atoms. The monoisotopic (exact) mass is 522 g/mol. The Morgan fingerprint density at radius 3 is 2.56 bits per heavy atom. The van der Waals surface area contributed by atoms with E-state index >= 15 is 0 Å². The summed E-state index contributed by atoms with van der Waals surface area (Å²) in [4.78, 5) is 24.0. The Morgan fingerprint density at radius 1 is 0.897 bits per heavy atom. The Balaban J connectivity index is 1.22. The summed E-state index contributed by atoms with van der Waals surface area (Å²) in [6.07, 6.45) is 9.30. The van der Waals surface area contributed by atoms with E-state index in [9.17, 15) is 5.11 Å². The molecule has 0 unspecified atom stereocenters. The lowest BCUT2D eigenvalue weighted by Gasteiger charge is -2.31. The van der Waals surface area contributed by atoms with E-state index in [1.165, 1.54) is 24.1 Å². The van der Waals surface area contributed by atoms with Crippen LogP contribution in [0.25, 0.3) is 22.3 Å². The van der Waals surface area contributed by atoms with Gasteiger partial charge in [0.1, 0.15) is 11.6 Å². The lowest BCUT2D eigenvalue weighted by molar-refractivity contribution is 0.145. The molecule has 39 heavy (non-hydrogen) atoms. The molecular formula is C30H34N8O. The number of nitrogens with zero attached hydrogens (tertiary/aromatic N) is 6. The van der Waals surface area contributed by atoms with Crippen molar-refractivity contribution >= 4 is 33.9 Å². The van der Waals surface area contributed by atoms with Crippen molar-refractivity contribution in [3.8, 4) is 11.4 Å². The van der Waals surface area contributed by atoms with E-state index in [1.54, 1.807) is 6.20 Å². The molecule has 2 saturated heterocycles. The van der Waals surface area contributed by atoms with Gasteiger partial charge in [0.25, 0.3) is 0 Å². The molecule has 2 aliphatic heterocycles. The van der Waals surface area contributed by atoms with Gasteiger partial charge in [0, 0.05) is 74.0 Å². The van der Waals surface area contributed by atoms with Crippen molar-refractivity contribution in [2.75, 3.05) is 54.4 Å². The quantitative estimate of drug-likeness (QED) is 0.346. The number of benzene rings is 1. The van der Waals surface area contributed by atoms with Crippen molar-refractivity contribution in [2.24, 2.45) is 0 Å². The molecule has 3 aliphatic rings. The Morgan fingerprint density at radius 2 is 1.74 bits per heavy atom. The molecule has 4 aromatic rings. The third-order valence-electron chi connectivity index (χ3n) is 8.02. The van der Waals surface area contributed by atoms with Gasteiger partial charge in [0.15, 0.2) is 5.82 Å². The topological polar surface area (TPSA) is 102 Å². The number of hydrogen-bond acceptors (Lipinski definition) is 9. The van der Waals surface area contributed by atoms with Gasteiger partial charge in [-0.3, -0.25) is 4.98 Å². The van der Waals surface area contributed by atoms with Crippen LogP contribution in [0, 0.1) is 0 Å². The van der Waals surface area contributed by atoms with Crippen molar-refractivity contribution in [3.63, 3.8) is 0 Å². The predicted octanol–water partition coefficient (Wildman–Crippen LogP) is 4.08. The molecule has 1 aliphatic carbocycles. The van der Waals surface area contributed by atoms with Gasteiger partial charge >= 0.3 is 0 Å². The van der Waals surface area contributed by atoms with E-state index in [0.717, 1.165) is 85.9 Å².